The third-order valence-electron chi connectivity index (χ3n) is 2.59. The Bertz CT molecular complexity index is 181. The molecule has 84 valence electrons. The minimum Gasteiger partial charge on any atom is -0.481 e. The summed E-state index contributed by atoms with van der Waals surface area (Å²) in [4.78, 5) is 10.6. The Morgan fingerprint density at radius 3 is 2.14 bits per heavy atom. The molecule has 5 heteroatoms. The van der Waals surface area contributed by atoms with Gasteiger partial charge in [0, 0.05) is 6.04 Å². The molecule has 0 heterocycles. The highest BCUT2D eigenvalue weighted by atomic mass is 16.4. The van der Waals surface area contributed by atoms with Crippen molar-refractivity contribution in [1.29, 1.82) is 0 Å². The van der Waals surface area contributed by atoms with Gasteiger partial charge in [0.05, 0.1) is 12.1 Å². The Hall–Kier alpha value is -0.650. The van der Waals surface area contributed by atoms with E-state index in [0.29, 0.717) is 6.42 Å². The SMILES string of the molecule is CNC(CC(=O)O)CC(C)(NC)NC. The van der Waals surface area contributed by atoms with Crippen LogP contribution in [0.15, 0.2) is 0 Å². The lowest BCUT2D eigenvalue weighted by Crippen LogP contribution is -2.54. The van der Waals surface area contributed by atoms with E-state index in [4.69, 9.17) is 5.11 Å². The standard InChI is InChI=1S/C9H21N3O2/c1-9(11-3,12-4)6-7(10-2)5-8(13)14/h7,10-12H,5-6H2,1-4H3,(H,13,14). The molecule has 1 atom stereocenters. The molecule has 0 aliphatic carbocycles. The van der Waals surface area contributed by atoms with Gasteiger partial charge in [-0.05, 0) is 34.5 Å². The molecule has 0 spiro atoms. The van der Waals surface area contributed by atoms with Gasteiger partial charge in [0.1, 0.15) is 0 Å². The van der Waals surface area contributed by atoms with Crippen molar-refractivity contribution in [3.05, 3.63) is 0 Å². The van der Waals surface area contributed by atoms with E-state index in [9.17, 15) is 4.79 Å². The van der Waals surface area contributed by atoms with Gasteiger partial charge in [-0.15, -0.1) is 0 Å². The van der Waals surface area contributed by atoms with Crippen molar-refractivity contribution in [1.82, 2.24) is 16.0 Å². The third kappa shape index (κ3) is 4.55. The fraction of sp³-hybridized carbons (Fsp3) is 0.889. The summed E-state index contributed by atoms with van der Waals surface area (Å²) in [5, 5.41) is 17.9. The van der Waals surface area contributed by atoms with Crippen molar-refractivity contribution < 1.29 is 9.90 Å². The van der Waals surface area contributed by atoms with Gasteiger partial charge in [-0.1, -0.05) is 0 Å². The highest BCUT2D eigenvalue weighted by molar-refractivity contribution is 5.67. The van der Waals surface area contributed by atoms with Gasteiger partial charge in [-0.3, -0.25) is 4.79 Å². The first-order valence-corrected chi connectivity index (χ1v) is 4.74. The monoisotopic (exact) mass is 203 g/mol. The second-order valence-corrected chi connectivity index (χ2v) is 3.62. The van der Waals surface area contributed by atoms with E-state index in [0.717, 1.165) is 0 Å². The zero-order valence-electron chi connectivity index (χ0n) is 9.35. The molecule has 0 aromatic rings. The number of hydrogen-bond donors (Lipinski definition) is 4. The summed E-state index contributed by atoms with van der Waals surface area (Å²) in [7, 11) is 5.48. The molecule has 0 saturated heterocycles. The lowest BCUT2D eigenvalue weighted by molar-refractivity contribution is -0.137. The molecule has 14 heavy (non-hydrogen) atoms. The molecule has 0 aliphatic heterocycles. The van der Waals surface area contributed by atoms with Crippen LogP contribution in [0.25, 0.3) is 0 Å². The first kappa shape index (κ1) is 13.4. The van der Waals surface area contributed by atoms with E-state index in [1.807, 2.05) is 21.0 Å². The molecule has 0 fully saturated rings. The fourth-order valence-corrected chi connectivity index (χ4v) is 1.31. The van der Waals surface area contributed by atoms with Gasteiger partial charge in [-0.2, -0.15) is 0 Å². The third-order valence-corrected chi connectivity index (χ3v) is 2.59. The molecule has 5 nitrogen and oxygen atoms in total. The summed E-state index contributed by atoms with van der Waals surface area (Å²) in [6.45, 7) is 2.00. The van der Waals surface area contributed by atoms with Crippen LogP contribution in [0.5, 0.6) is 0 Å². The van der Waals surface area contributed by atoms with Gasteiger partial charge < -0.3 is 21.1 Å². The summed E-state index contributed by atoms with van der Waals surface area (Å²) >= 11 is 0. The maximum Gasteiger partial charge on any atom is 0.304 e. The molecule has 0 bridgehead atoms. The summed E-state index contributed by atoms with van der Waals surface area (Å²) in [6.07, 6.45) is 0.845. The van der Waals surface area contributed by atoms with Gasteiger partial charge in [0.15, 0.2) is 0 Å². The van der Waals surface area contributed by atoms with Crippen LogP contribution in [-0.2, 0) is 4.79 Å². The first-order valence-electron chi connectivity index (χ1n) is 4.74. The average Bonchev–Trinajstić information content (AvgIpc) is 2.16. The van der Waals surface area contributed by atoms with Crippen LogP contribution >= 0.6 is 0 Å². The number of carboxylic acids is 1. The van der Waals surface area contributed by atoms with Gasteiger partial charge in [0.2, 0.25) is 0 Å². The Kier molecular flexibility index (Phi) is 5.68. The summed E-state index contributed by atoms with van der Waals surface area (Å²) in [5.41, 5.74) is -0.233. The number of nitrogens with one attached hydrogen (secondary N) is 3. The van der Waals surface area contributed by atoms with Gasteiger partial charge >= 0.3 is 5.97 Å². The molecule has 0 aliphatic rings. The van der Waals surface area contributed by atoms with Crippen LogP contribution in [0.2, 0.25) is 0 Å². The Labute approximate surface area is 85.3 Å². The normalized spacial score (nSPS) is 14.0. The van der Waals surface area contributed by atoms with Crippen molar-refractivity contribution >= 4 is 5.97 Å². The maximum atomic E-state index is 10.6. The lowest BCUT2D eigenvalue weighted by atomic mass is 10.00. The topological polar surface area (TPSA) is 73.4 Å². The zero-order chi connectivity index (χ0) is 11.2. The molecule has 4 N–H and O–H groups in total. The molecule has 0 saturated carbocycles. The first-order chi connectivity index (χ1) is 6.47. The van der Waals surface area contributed by atoms with Crippen LogP contribution in [0, 0.1) is 0 Å². The van der Waals surface area contributed by atoms with E-state index >= 15 is 0 Å². The van der Waals surface area contributed by atoms with E-state index in [1.54, 1.807) is 7.05 Å². The summed E-state index contributed by atoms with van der Waals surface area (Å²) in [5.74, 6) is -0.779. The smallest absolute Gasteiger partial charge is 0.304 e. The van der Waals surface area contributed by atoms with E-state index in [-0.39, 0.29) is 18.1 Å². The van der Waals surface area contributed by atoms with Crippen LogP contribution in [0.4, 0.5) is 0 Å². The van der Waals surface area contributed by atoms with Crippen LogP contribution in [0.3, 0.4) is 0 Å². The Balaban J connectivity index is 4.21. The molecule has 0 aromatic heterocycles. The van der Waals surface area contributed by atoms with Crippen molar-refractivity contribution in [3.63, 3.8) is 0 Å². The zero-order valence-corrected chi connectivity index (χ0v) is 9.35. The number of carbonyl (C=O) groups is 1. The minimum atomic E-state index is -0.779. The average molecular weight is 203 g/mol. The molecular weight excluding hydrogens is 182 g/mol. The van der Waals surface area contributed by atoms with E-state index in [2.05, 4.69) is 16.0 Å². The van der Waals surface area contributed by atoms with E-state index < -0.39 is 5.97 Å². The fourth-order valence-electron chi connectivity index (χ4n) is 1.31. The molecular formula is C9H21N3O2. The van der Waals surface area contributed by atoms with Crippen molar-refractivity contribution in [2.24, 2.45) is 0 Å². The second-order valence-electron chi connectivity index (χ2n) is 3.62. The lowest BCUT2D eigenvalue weighted by Gasteiger charge is -2.32. The van der Waals surface area contributed by atoms with Gasteiger partial charge in [-0.25, -0.2) is 0 Å². The van der Waals surface area contributed by atoms with Crippen molar-refractivity contribution in [2.45, 2.75) is 31.5 Å². The number of carboxylic acid groups (broad SMARTS) is 1. The second kappa shape index (κ2) is 5.95. The maximum absolute atomic E-state index is 10.6. The minimum absolute atomic E-state index is 0.0302. The van der Waals surface area contributed by atoms with Crippen LogP contribution in [-0.4, -0.2) is 43.9 Å². The van der Waals surface area contributed by atoms with Crippen molar-refractivity contribution in [3.8, 4) is 0 Å². The largest absolute Gasteiger partial charge is 0.481 e. The highest BCUT2D eigenvalue weighted by Crippen LogP contribution is 2.10. The van der Waals surface area contributed by atoms with Gasteiger partial charge in [0.25, 0.3) is 0 Å². The predicted molar refractivity (Wildman–Crippen MR) is 56.2 cm³/mol. The van der Waals surface area contributed by atoms with Crippen LogP contribution < -0.4 is 16.0 Å². The van der Waals surface area contributed by atoms with Crippen molar-refractivity contribution in [2.75, 3.05) is 21.1 Å². The Morgan fingerprint density at radius 2 is 1.86 bits per heavy atom. The molecule has 0 rings (SSSR count). The number of hydrogen-bond acceptors (Lipinski definition) is 4. The molecule has 1 unspecified atom stereocenters. The number of aliphatic carboxylic acids is 1. The summed E-state index contributed by atoms with van der Waals surface area (Å²) < 4.78 is 0. The number of rotatable bonds is 7. The highest BCUT2D eigenvalue weighted by Gasteiger charge is 2.24. The predicted octanol–water partition coefficient (Wildman–Crippen LogP) is -0.406. The molecule has 0 radical (unpaired) electrons. The summed E-state index contributed by atoms with van der Waals surface area (Å²) in [6, 6.07) is -0.0302. The van der Waals surface area contributed by atoms with Crippen LogP contribution in [0.1, 0.15) is 19.8 Å². The molecule has 0 amide bonds. The quantitative estimate of drug-likeness (QED) is 0.424. The molecule has 0 aromatic carbocycles. The van der Waals surface area contributed by atoms with E-state index in [1.165, 1.54) is 0 Å². The Morgan fingerprint density at radius 1 is 1.36 bits per heavy atom.